The van der Waals surface area contributed by atoms with Crippen LogP contribution in [0, 0.1) is 12.7 Å². The van der Waals surface area contributed by atoms with E-state index in [1.807, 2.05) is 6.92 Å². The molecule has 0 spiro atoms. The largest absolute Gasteiger partial charge is 0.434 e. The maximum atomic E-state index is 13.5. The number of nitrogens with zero attached hydrogens (tertiary/aromatic N) is 1. The summed E-state index contributed by atoms with van der Waals surface area (Å²) in [6, 6.07) is 6.19. The van der Waals surface area contributed by atoms with Crippen molar-refractivity contribution in [2.45, 2.75) is 6.92 Å². The van der Waals surface area contributed by atoms with Crippen LogP contribution in [0.1, 0.15) is 5.56 Å². The lowest BCUT2D eigenvalue weighted by Crippen LogP contribution is -1.98. The monoisotopic (exact) mass is 296 g/mol. The van der Waals surface area contributed by atoms with Gasteiger partial charge in [-0.05, 0) is 36.8 Å². The summed E-state index contributed by atoms with van der Waals surface area (Å²) in [6.07, 6.45) is 1.57. The van der Waals surface area contributed by atoms with Gasteiger partial charge in [0.15, 0.2) is 11.6 Å². The third-order valence-corrected chi connectivity index (χ3v) is 2.76. The smallest absolute Gasteiger partial charge is 0.243 e. The van der Waals surface area contributed by atoms with Gasteiger partial charge in [0.25, 0.3) is 0 Å². The van der Waals surface area contributed by atoms with Crippen molar-refractivity contribution in [2.75, 3.05) is 5.73 Å². The van der Waals surface area contributed by atoms with Gasteiger partial charge in [0.2, 0.25) is 5.88 Å². The summed E-state index contributed by atoms with van der Waals surface area (Å²) in [5.41, 5.74) is 7.04. The van der Waals surface area contributed by atoms with E-state index in [2.05, 4.69) is 20.9 Å². The zero-order valence-electron chi connectivity index (χ0n) is 9.08. The zero-order valence-corrected chi connectivity index (χ0v) is 10.7. The van der Waals surface area contributed by atoms with E-state index in [0.717, 1.165) is 10.0 Å². The Balaban J connectivity index is 2.38. The van der Waals surface area contributed by atoms with Gasteiger partial charge in [0, 0.05) is 10.7 Å². The fourth-order valence-electron chi connectivity index (χ4n) is 1.29. The van der Waals surface area contributed by atoms with Crippen LogP contribution in [0.15, 0.2) is 34.9 Å². The normalized spacial score (nSPS) is 10.3. The van der Waals surface area contributed by atoms with Crippen molar-refractivity contribution in [3.8, 4) is 11.6 Å². The van der Waals surface area contributed by atoms with Gasteiger partial charge in [0.1, 0.15) is 0 Å². The third-order valence-electron chi connectivity index (χ3n) is 2.27. The van der Waals surface area contributed by atoms with Crippen LogP contribution in [0.5, 0.6) is 11.6 Å². The number of nitrogens with two attached hydrogens (primary N) is 1. The van der Waals surface area contributed by atoms with Crippen molar-refractivity contribution >= 4 is 21.6 Å². The molecule has 0 fully saturated rings. The van der Waals surface area contributed by atoms with Crippen LogP contribution < -0.4 is 10.5 Å². The molecular weight excluding hydrogens is 287 g/mol. The Morgan fingerprint density at radius 2 is 2.12 bits per heavy atom. The van der Waals surface area contributed by atoms with Gasteiger partial charge in [-0.15, -0.1) is 0 Å². The molecule has 17 heavy (non-hydrogen) atoms. The number of hydrogen-bond acceptors (Lipinski definition) is 3. The summed E-state index contributed by atoms with van der Waals surface area (Å²) in [5.74, 6) is -0.165. The van der Waals surface area contributed by atoms with E-state index in [1.165, 1.54) is 12.1 Å². The molecule has 1 aromatic heterocycles. The predicted molar refractivity (Wildman–Crippen MR) is 67.6 cm³/mol. The van der Waals surface area contributed by atoms with Crippen LogP contribution in [0.25, 0.3) is 0 Å². The van der Waals surface area contributed by atoms with Crippen molar-refractivity contribution in [3.05, 3.63) is 46.3 Å². The van der Waals surface area contributed by atoms with Gasteiger partial charge >= 0.3 is 0 Å². The number of hydrogen-bond donors (Lipinski definition) is 1. The molecule has 0 radical (unpaired) electrons. The second-order valence-electron chi connectivity index (χ2n) is 3.52. The second kappa shape index (κ2) is 4.71. The molecule has 0 aliphatic carbocycles. The van der Waals surface area contributed by atoms with Gasteiger partial charge in [-0.3, -0.25) is 0 Å². The standard InChI is InChI=1S/C12H10BrFN2O/c1-7-4-5-16-12(11(7)15)17-10-6-8(13)2-3-9(10)14/h2-6H,15H2,1H3. The van der Waals surface area contributed by atoms with Crippen LogP contribution in [0.2, 0.25) is 0 Å². The molecule has 2 rings (SSSR count). The third kappa shape index (κ3) is 2.55. The predicted octanol–water partition coefficient (Wildman–Crippen LogP) is 3.67. The van der Waals surface area contributed by atoms with Gasteiger partial charge < -0.3 is 10.5 Å². The van der Waals surface area contributed by atoms with Crippen LogP contribution in [0.3, 0.4) is 0 Å². The van der Waals surface area contributed by atoms with Crippen molar-refractivity contribution in [2.24, 2.45) is 0 Å². The Hall–Kier alpha value is -1.62. The molecule has 2 N–H and O–H groups in total. The summed E-state index contributed by atoms with van der Waals surface area (Å²) in [5, 5.41) is 0. The second-order valence-corrected chi connectivity index (χ2v) is 4.44. The first-order chi connectivity index (χ1) is 8.08. The molecule has 88 valence electrons. The zero-order chi connectivity index (χ0) is 12.4. The van der Waals surface area contributed by atoms with Crippen molar-refractivity contribution in [1.29, 1.82) is 0 Å². The molecule has 0 bridgehead atoms. The first kappa shape index (κ1) is 11.9. The summed E-state index contributed by atoms with van der Waals surface area (Å²) in [4.78, 5) is 3.98. The number of halogens is 2. The number of pyridine rings is 1. The van der Waals surface area contributed by atoms with Gasteiger partial charge in [-0.2, -0.15) is 0 Å². The summed E-state index contributed by atoms with van der Waals surface area (Å²) in [6.45, 7) is 1.83. The lowest BCUT2D eigenvalue weighted by atomic mass is 10.2. The topological polar surface area (TPSA) is 48.1 Å². The first-order valence-electron chi connectivity index (χ1n) is 4.92. The van der Waals surface area contributed by atoms with E-state index in [4.69, 9.17) is 10.5 Å². The Morgan fingerprint density at radius 3 is 2.88 bits per heavy atom. The number of aromatic nitrogens is 1. The number of aryl methyl sites for hydroxylation is 1. The van der Waals surface area contributed by atoms with E-state index in [0.29, 0.717) is 5.69 Å². The molecule has 0 atom stereocenters. The lowest BCUT2D eigenvalue weighted by molar-refractivity contribution is 0.429. The number of rotatable bonds is 2. The molecular formula is C12H10BrFN2O. The number of nitrogen functional groups attached to an aromatic ring is 1. The molecule has 0 unspecified atom stereocenters. The molecule has 1 heterocycles. The highest BCUT2D eigenvalue weighted by atomic mass is 79.9. The van der Waals surface area contributed by atoms with E-state index in [9.17, 15) is 4.39 Å². The summed E-state index contributed by atoms with van der Waals surface area (Å²) < 4.78 is 19.6. The Morgan fingerprint density at radius 1 is 1.35 bits per heavy atom. The fourth-order valence-corrected chi connectivity index (χ4v) is 1.63. The van der Waals surface area contributed by atoms with Crippen molar-refractivity contribution in [3.63, 3.8) is 0 Å². The quantitative estimate of drug-likeness (QED) is 0.920. The van der Waals surface area contributed by atoms with Crippen LogP contribution in [-0.2, 0) is 0 Å². The van der Waals surface area contributed by atoms with Gasteiger partial charge in [-0.25, -0.2) is 9.37 Å². The molecule has 0 amide bonds. The first-order valence-corrected chi connectivity index (χ1v) is 5.71. The van der Waals surface area contributed by atoms with Gasteiger partial charge in [-0.1, -0.05) is 15.9 Å². The molecule has 2 aromatic rings. The molecule has 0 saturated heterocycles. The average molecular weight is 297 g/mol. The molecule has 0 saturated carbocycles. The lowest BCUT2D eigenvalue weighted by Gasteiger charge is -2.09. The highest BCUT2D eigenvalue weighted by Gasteiger charge is 2.10. The minimum Gasteiger partial charge on any atom is -0.434 e. The van der Waals surface area contributed by atoms with Crippen molar-refractivity contribution in [1.82, 2.24) is 4.98 Å². The van der Waals surface area contributed by atoms with E-state index < -0.39 is 5.82 Å². The maximum Gasteiger partial charge on any atom is 0.243 e. The van der Waals surface area contributed by atoms with Crippen LogP contribution in [-0.4, -0.2) is 4.98 Å². The fraction of sp³-hybridized carbons (Fsp3) is 0.0833. The summed E-state index contributed by atoms with van der Waals surface area (Å²) >= 11 is 3.24. The highest BCUT2D eigenvalue weighted by molar-refractivity contribution is 9.10. The number of ether oxygens (including phenoxy) is 1. The Kier molecular flexibility index (Phi) is 3.28. The van der Waals surface area contributed by atoms with Crippen LogP contribution in [0.4, 0.5) is 10.1 Å². The average Bonchev–Trinajstić information content (AvgIpc) is 2.30. The molecule has 1 aromatic carbocycles. The Labute approximate surface area is 107 Å². The van der Waals surface area contributed by atoms with Crippen LogP contribution >= 0.6 is 15.9 Å². The Bertz CT molecular complexity index is 560. The van der Waals surface area contributed by atoms with E-state index in [1.54, 1.807) is 18.3 Å². The SMILES string of the molecule is Cc1ccnc(Oc2cc(Br)ccc2F)c1N. The van der Waals surface area contributed by atoms with E-state index >= 15 is 0 Å². The molecule has 0 aliphatic heterocycles. The minimum absolute atomic E-state index is 0.0872. The molecule has 0 aliphatic rings. The highest BCUT2D eigenvalue weighted by Crippen LogP contribution is 2.30. The summed E-state index contributed by atoms with van der Waals surface area (Å²) in [7, 11) is 0. The maximum absolute atomic E-state index is 13.5. The van der Waals surface area contributed by atoms with Gasteiger partial charge in [0.05, 0.1) is 5.69 Å². The number of anilines is 1. The van der Waals surface area contributed by atoms with Crippen molar-refractivity contribution < 1.29 is 9.13 Å². The molecule has 3 nitrogen and oxygen atoms in total. The number of benzene rings is 1. The minimum atomic E-state index is -0.462. The molecule has 5 heteroatoms. The van der Waals surface area contributed by atoms with E-state index in [-0.39, 0.29) is 11.6 Å².